The van der Waals surface area contributed by atoms with Gasteiger partial charge in [-0.3, -0.25) is 9.69 Å². The molecule has 5 nitrogen and oxygen atoms in total. The number of fused-ring (bicyclic) bond motifs is 1. The average Bonchev–Trinajstić information content (AvgIpc) is 3.19. The highest BCUT2D eigenvalue weighted by atomic mass is 32.2. The highest BCUT2D eigenvalue weighted by Gasteiger charge is 2.17. The van der Waals surface area contributed by atoms with Crippen LogP contribution in [0.15, 0.2) is 53.7 Å². The van der Waals surface area contributed by atoms with E-state index >= 15 is 0 Å². The summed E-state index contributed by atoms with van der Waals surface area (Å²) in [7, 11) is 0. The van der Waals surface area contributed by atoms with Crippen LogP contribution in [0.4, 0.5) is 0 Å². The molecule has 0 spiro atoms. The van der Waals surface area contributed by atoms with E-state index in [-0.39, 0.29) is 5.78 Å². The number of ketones is 1. The molecular formula is C24H28N4OS. The van der Waals surface area contributed by atoms with Gasteiger partial charge in [0.15, 0.2) is 16.8 Å². The maximum atomic E-state index is 11.7. The molecule has 0 atom stereocenters. The van der Waals surface area contributed by atoms with Crippen molar-refractivity contribution in [1.82, 2.24) is 19.7 Å². The van der Waals surface area contributed by atoms with E-state index in [0.717, 1.165) is 66.9 Å². The van der Waals surface area contributed by atoms with Gasteiger partial charge in [-0.25, -0.2) is 0 Å². The smallest absolute Gasteiger partial charge is 0.191 e. The lowest BCUT2D eigenvalue weighted by atomic mass is 9.96. The lowest BCUT2D eigenvalue weighted by molar-refractivity contribution is 0.101. The summed E-state index contributed by atoms with van der Waals surface area (Å²) < 4.78 is 2.19. The van der Waals surface area contributed by atoms with Gasteiger partial charge in [0.05, 0.1) is 0 Å². The number of Topliss-reactive ketones (excluding diaryl/α,β-unsaturated/α-hetero) is 1. The lowest BCUT2D eigenvalue weighted by Gasteiger charge is -2.29. The van der Waals surface area contributed by atoms with E-state index in [1.54, 1.807) is 18.7 Å². The van der Waals surface area contributed by atoms with Gasteiger partial charge >= 0.3 is 0 Å². The molecule has 2 aromatic carbocycles. The Labute approximate surface area is 182 Å². The van der Waals surface area contributed by atoms with E-state index in [1.807, 2.05) is 24.3 Å². The predicted octanol–water partition coefficient (Wildman–Crippen LogP) is 4.71. The zero-order valence-corrected chi connectivity index (χ0v) is 18.5. The van der Waals surface area contributed by atoms with Gasteiger partial charge < -0.3 is 4.57 Å². The van der Waals surface area contributed by atoms with Crippen LogP contribution >= 0.6 is 11.8 Å². The number of carbonyl (C=O) groups is 1. The zero-order chi connectivity index (χ0) is 20.9. The summed E-state index contributed by atoms with van der Waals surface area (Å²) in [4.78, 5) is 14.2. The van der Waals surface area contributed by atoms with E-state index in [4.69, 9.17) is 0 Å². The van der Waals surface area contributed by atoms with Gasteiger partial charge in [-0.15, -0.1) is 10.2 Å². The van der Waals surface area contributed by atoms with Crippen molar-refractivity contribution < 1.29 is 4.79 Å². The summed E-state index contributed by atoms with van der Waals surface area (Å²) in [6, 6.07) is 16.4. The van der Waals surface area contributed by atoms with E-state index in [9.17, 15) is 4.79 Å². The molecule has 1 aliphatic heterocycles. The van der Waals surface area contributed by atoms with Crippen molar-refractivity contribution >= 4 is 17.5 Å². The second-order valence-corrected chi connectivity index (χ2v) is 8.75. The van der Waals surface area contributed by atoms with Crippen LogP contribution in [-0.2, 0) is 19.5 Å². The summed E-state index contributed by atoms with van der Waals surface area (Å²) in [5.74, 6) is 2.10. The lowest BCUT2D eigenvalue weighted by Crippen LogP contribution is -2.31. The third kappa shape index (κ3) is 4.65. The first-order chi connectivity index (χ1) is 14.7. The van der Waals surface area contributed by atoms with Crippen molar-refractivity contribution in [2.24, 2.45) is 0 Å². The Hall–Kier alpha value is -2.44. The Balaban J connectivity index is 1.31. The summed E-state index contributed by atoms with van der Waals surface area (Å²) in [5.41, 5.74) is 4.62. The fourth-order valence-electron chi connectivity index (χ4n) is 3.96. The van der Waals surface area contributed by atoms with Crippen LogP contribution in [0.1, 0.15) is 41.8 Å². The number of hydrogen-bond acceptors (Lipinski definition) is 5. The molecule has 0 bridgehead atoms. The molecule has 0 aliphatic carbocycles. The topological polar surface area (TPSA) is 51.0 Å². The van der Waals surface area contributed by atoms with E-state index < -0.39 is 0 Å². The average molecular weight is 421 g/mol. The van der Waals surface area contributed by atoms with Crippen molar-refractivity contribution in [3.05, 3.63) is 65.2 Å². The number of nitrogens with zero attached hydrogens (tertiary/aromatic N) is 4. The Bertz CT molecular complexity index is 1020. The van der Waals surface area contributed by atoms with Crippen LogP contribution in [0.25, 0.3) is 11.4 Å². The van der Waals surface area contributed by atoms with Crippen LogP contribution in [0, 0.1) is 0 Å². The van der Waals surface area contributed by atoms with Crippen LogP contribution < -0.4 is 0 Å². The molecule has 0 fully saturated rings. The highest BCUT2D eigenvalue weighted by molar-refractivity contribution is 7.99. The maximum absolute atomic E-state index is 11.7. The molecule has 0 saturated carbocycles. The molecular weight excluding hydrogens is 392 g/mol. The van der Waals surface area contributed by atoms with Gasteiger partial charge in [-0.05, 0) is 50.4 Å². The minimum absolute atomic E-state index is 0.140. The monoisotopic (exact) mass is 420 g/mol. The number of thioether (sulfide) groups is 1. The Morgan fingerprint density at radius 1 is 1.10 bits per heavy atom. The molecule has 4 rings (SSSR count). The van der Waals surface area contributed by atoms with Crippen molar-refractivity contribution in [2.75, 3.05) is 18.8 Å². The van der Waals surface area contributed by atoms with Crippen molar-refractivity contribution in [3.8, 4) is 11.4 Å². The quantitative estimate of drug-likeness (QED) is 0.300. The molecule has 0 N–H and O–H groups in total. The molecule has 1 aliphatic rings. The standard InChI is InChI=1S/C24H28N4OS/c1-3-28-23(20-8-5-4-6-9-20)25-26-24(28)30-15-7-13-27-14-12-19-10-11-21(18(2)29)16-22(19)17-27/h4-6,8-11,16H,3,7,12-15,17H2,1-2H3. The van der Waals surface area contributed by atoms with Gasteiger partial charge in [0.25, 0.3) is 0 Å². The number of carbonyl (C=O) groups excluding carboxylic acids is 1. The third-order valence-corrected chi connectivity index (χ3v) is 6.67. The molecule has 156 valence electrons. The summed E-state index contributed by atoms with van der Waals surface area (Å²) in [6.45, 7) is 7.71. The van der Waals surface area contributed by atoms with E-state index in [2.05, 4.69) is 50.9 Å². The molecule has 2 heterocycles. The summed E-state index contributed by atoms with van der Waals surface area (Å²) in [5, 5.41) is 9.85. The SMILES string of the molecule is CCn1c(SCCCN2CCc3ccc(C(C)=O)cc3C2)nnc1-c1ccccc1. The fourth-order valence-corrected chi connectivity index (χ4v) is 4.88. The van der Waals surface area contributed by atoms with Crippen LogP contribution in [0.3, 0.4) is 0 Å². The maximum Gasteiger partial charge on any atom is 0.191 e. The molecule has 3 aromatic rings. The van der Waals surface area contributed by atoms with Crippen LogP contribution in [-0.4, -0.2) is 44.3 Å². The van der Waals surface area contributed by atoms with Gasteiger partial charge in [0.2, 0.25) is 0 Å². The minimum Gasteiger partial charge on any atom is -0.302 e. The Kier molecular flexibility index (Phi) is 6.65. The fraction of sp³-hybridized carbons (Fsp3) is 0.375. The second kappa shape index (κ2) is 9.58. The van der Waals surface area contributed by atoms with Gasteiger partial charge in [0.1, 0.15) is 0 Å². The predicted molar refractivity (Wildman–Crippen MR) is 122 cm³/mol. The molecule has 6 heteroatoms. The molecule has 0 amide bonds. The molecule has 0 unspecified atom stereocenters. The highest BCUT2D eigenvalue weighted by Crippen LogP contribution is 2.25. The van der Waals surface area contributed by atoms with Gasteiger partial charge in [-0.2, -0.15) is 0 Å². The zero-order valence-electron chi connectivity index (χ0n) is 17.7. The van der Waals surface area contributed by atoms with E-state index in [0.29, 0.717) is 0 Å². The van der Waals surface area contributed by atoms with Crippen LogP contribution in [0.2, 0.25) is 0 Å². The van der Waals surface area contributed by atoms with E-state index in [1.165, 1.54) is 11.1 Å². The van der Waals surface area contributed by atoms with Gasteiger partial charge in [0, 0.05) is 36.5 Å². The summed E-state index contributed by atoms with van der Waals surface area (Å²) in [6.07, 6.45) is 2.16. The largest absolute Gasteiger partial charge is 0.302 e. The van der Waals surface area contributed by atoms with Crippen molar-refractivity contribution in [1.29, 1.82) is 0 Å². The van der Waals surface area contributed by atoms with Gasteiger partial charge in [-0.1, -0.05) is 54.2 Å². The first-order valence-electron chi connectivity index (χ1n) is 10.6. The first-order valence-corrected chi connectivity index (χ1v) is 11.6. The summed E-state index contributed by atoms with van der Waals surface area (Å²) >= 11 is 1.79. The normalized spacial score (nSPS) is 13.9. The van der Waals surface area contributed by atoms with Crippen LogP contribution in [0.5, 0.6) is 0 Å². The Morgan fingerprint density at radius 3 is 2.70 bits per heavy atom. The number of benzene rings is 2. The molecule has 1 aromatic heterocycles. The number of aromatic nitrogens is 3. The number of hydrogen-bond donors (Lipinski definition) is 0. The second-order valence-electron chi connectivity index (χ2n) is 7.68. The Morgan fingerprint density at radius 2 is 1.93 bits per heavy atom. The molecule has 30 heavy (non-hydrogen) atoms. The third-order valence-electron chi connectivity index (χ3n) is 5.62. The molecule has 0 saturated heterocycles. The minimum atomic E-state index is 0.140. The van der Waals surface area contributed by atoms with Crippen molar-refractivity contribution in [2.45, 2.75) is 44.9 Å². The first kappa shape index (κ1) is 20.8. The molecule has 0 radical (unpaired) electrons. The number of rotatable bonds is 8. The van der Waals surface area contributed by atoms with Crippen molar-refractivity contribution in [3.63, 3.8) is 0 Å².